The normalized spacial score (nSPS) is 11.0. The highest BCUT2D eigenvalue weighted by Crippen LogP contribution is 2.36. The van der Waals surface area contributed by atoms with Gasteiger partial charge < -0.3 is 0 Å². The zero-order chi connectivity index (χ0) is 18.8. The van der Waals surface area contributed by atoms with Crippen molar-refractivity contribution < 1.29 is 4.79 Å². The minimum atomic E-state index is -0.00376. The predicted molar refractivity (Wildman–Crippen MR) is 113 cm³/mol. The SMILES string of the molecule is Cc1ccc(Cl)c2sc(N(Cc3ccccn3)C(=O)Cc3cccs3)nc12. The third kappa shape index (κ3) is 3.88. The van der Waals surface area contributed by atoms with Crippen molar-refractivity contribution in [2.75, 3.05) is 4.90 Å². The summed E-state index contributed by atoms with van der Waals surface area (Å²) in [4.78, 5) is 24.9. The number of hydrogen-bond acceptors (Lipinski definition) is 5. The first-order valence-electron chi connectivity index (χ1n) is 8.40. The number of rotatable bonds is 5. The third-order valence-electron chi connectivity index (χ3n) is 4.17. The molecule has 7 heteroatoms. The second-order valence-electron chi connectivity index (χ2n) is 6.10. The van der Waals surface area contributed by atoms with Gasteiger partial charge in [0.2, 0.25) is 5.91 Å². The molecular weight excluding hydrogens is 398 g/mol. The molecule has 4 rings (SSSR count). The largest absolute Gasteiger partial charge is 0.282 e. The van der Waals surface area contributed by atoms with Gasteiger partial charge >= 0.3 is 0 Å². The topological polar surface area (TPSA) is 46.1 Å². The van der Waals surface area contributed by atoms with E-state index < -0.39 is 0 Å². The first-order valence-corrected chi connectivity index (χ1v) is 10.5. The van der Waals surface area contributed by atoms with Gasteiger partial charge in [0, 0.05) is 11.1 Å². The molecule has 0 saturated carbocycles. The zero-order valence-corrected chi connectivity index (χ0v) is 16.9. The van der Waals surface area contributed by atoms with Gasteiger partial charge in [0.25, 0.3) is 0 Å². The Balaban J connectivity index is 1.74. The summed E-state index contributed by atoms with van der Waals surface area (Å²) in [5.41, 5.74) is 2.71. The van der Waals surface area contributed by atoms with Crippen LogP contribution in [0.15, 0.2) is 54.0 Å². The minimum absolute atomic E-state index is 0.00376. The molecule has 3 heterocycles. The van der Waals surface area contributed by atoms with Gasteiger partial charge in [-0.25, -0.2) is 4.98 Å². The Kier molecular flexibility index (Phi) is 5.20. The Hall–Kier alpha value is -2.28. The number of aromatic nitrogens is 2. The molecule has 4 nitrogen and oxygen atoms in total. The molecular formula is C20H16ClN3OS2. The number of carbonyl (C=O) groups excluding carboxylic acids is 1. The molecule has 0 saturated heterocycles. The van der Waals surface area contributed by atoms with Crippen molar-refractivity contribution in [3.63, 3.8) is 0 Å². The van der Waals surface area contributed by atoms with Crippen LogP contribution >= 0.6 is 34.3 Å². The second kappa shape index (κ2) is 7.76. The summed E-state index contributed by atoms with van der Waals surface area (Å²) >= 11 is 9.38. The summed E-state index contributed by atoms with van der Waals surface area (Å²) in [6.45, 7) is 2.38. The molecule has 0 fully saturated rings. The van der Waals surface area contributed by atoms with Crippen LogP contribution in [0.2, 0.25) is 5.02 Å². The van der Waals surface area contributed by atoms with Crippen LogP contribution in [0.5, 0.6) is 0 Å². The summed E-state index contributed by atoms with van der Waals surface area (Å²) in [6.07, 6.45) is 2.07. The molecule has 0 aliphatic rings. The fraction of sp³-hybridized carbons (Fsp3) is 0.150. The fourth-order valence-corrected chi connectivity index (χ4v) is 4.81. The minimum Gasteiger partial charge on any atom is -0.282 e. The lowest BCUT2D eigenvalue weighted by Gasteiger charge is -2.19. The quantitative estimate of drug-likeness (QED) is 0.434. The van der Waals surface area contributed by atoms with E-state index in [1.807, 2.05) is 54.8 Å². The van der Waals surface area contributed by atoms with Gasteiger partial charge in [0.15, 0.2) is 5.13 Å². The van der Waals surface area contributed by atoms with E-state index in [1.165, 1.54) is 11.3 Å². The second-order valence-corrected chi connectivity index (χ2v) is 8.51. The molecule has 4 aromatic rings. The van der Waals surface area contributed by atoms with E-state index in [9.17, 15) is 4.79 Å². The lowest BCUT2D eigenvalue weighted by atomic mass is 10.2. The maximum atomic E-state index is 13.1. The number of anilines is 1. The van der Waals surface area contributed by atoms with E-state index in [-0.39, 0.29) is 5.91 Å². The van der Waals surface area contributed by atoms with Crippen molar-refractivity contribution in [3.8, 4) is 0 Å². The molecule has 3 aromatic heterocycles. The predicted octanol–water partition coefficient (Wildman–Crippen LogP) is 5.49. The molecule has 0 unspecified atom stereocenters. The van der Waals surface area contributed by atoms with Crippen LogP contribution in [-0.2, 0) is 17.8 Å². The van der Waals surface area contributed by atoms with Crippen LogP contribution < -0.4 is 4.90 Å². The number of carbonyl (C=O) groups is 1. The fourth-order valence-electron chi connectivity index (χ4n) is 2.78. The van der Waals surface area contributed by atoms with Crippen LogP contribution in [0.4, 0.5) is 5.13 Å². The molecule has 0 aliphatic heterocycles. The summed E-state index contributed by atoms with van der Waals surface area (Å²) in [6, 6.07) is 13.4. The molecule has 1 aromatic carbocycles. The molecule has 0 radical (unpaired) electrons. The molecule has 0 N–H and O–H groups in total. The van der Waals surface area contributed by atoms with Crippen molar-refractivity contribution >= 4 is 55.5 Å². The Morgan fingerprint density at radius 2 is 2.07 bits per heavy atom. The van der Waals surface area contributed by atoms with Crippen LogP contribution in [0.25, 0.3) is 10.2 Å². The number of nitrogens with zero attached hydrogens (tertiary/aromatic N) is 3. The monoisotopic (exact) mass is 413 g/mol. The molecule has 0 spiro atoms. The maximum Gasteiger partial charge on any atom is 0.234 e. The van der Waals surface area contributed by atoms with Gasteiger partial charge in [0.05, 0.1) is 33.9 Å². The maximum absolute atomic E-state index is 13.1. The highest BCUT2D eigenvalue weighted by atomic mass is 35.5. The van der Waals surface area contributed by atoms with Gasteiger partial charge in [-0.1, -0.05) is 41.1 Å². The van der Waals surface area contributed by atoms with Crippen LogP contribution in [0, 0.1) is 6.92 Å². The highest BCUT2D eigenvalue weighted by molar-refractivity contribution is 7.23. The van der Waals surface area contributed by atoms with E-state index in [0.29, 0.717) is 23.1 Å². The van der Waals surface area contributed by atoms with E-state index in [4.69, 9.17) is 16.6 Å². The van der Waals surface area contributed by atoms with Crippen molar-refractivity contribution in [1.29, 1.82) is 0 Å². The Bertz CT molecular complexity index is 1040. The Morgan fingerprint density at radius 3 is 2.78 bits per heavy atom. The highest BCUT2D eigenvalue weighted by Gasteiger charge is 2.22. The summed E-state index contributed by atoms with van der Waals surface area (Å²) in [7, 11) is 0. The van der Waals surface area contributed by atoms with Gasteiger partial charge in [0.1, 0.15) is 0 Å². The number of fused-ring (bicyclic) bond motifs is 1. The lowest BCUT2D eigenvalue weighted by molar-refractivity contribution is -0.118. The summed E-state index contributed by atoms with van der Waals surface area (Å²) in [5, 5.41) is 3.28. The molecule has 0 bridgehead atoms. The van der Waals surface area contributed by atoms with Gasteiger partial charge in [-0.15, -0.1) is 11.3 Å². The number of thiazole rings is 1. The molecule has 0 aliphatic carbocycles. The molecule has 1 amide bonds. The Labute approximate surface area is 170 Å². The molecule has 0 atom stereocenters. The van der Waals surface area contributed by atoms with E-state index in [2.05, 4.69) is 4.98 Å². The average molecular weight is 414 g/mol. The lowest BCUT2D eigenvalue weighted by Crippen LogP contribution is -2.31. The average Bonchev–Trinajstić information content (AvgIpc) is 3.34. The van der Waals surface area contributed by atoms with Crippen molar-refractivity contribution in [2.45, 2.75) is 19.9 Å². The summed E-state index contributed by atoms with van der Waals surface area (Å²) in [5.74, 6) is -0.00376. The van der Waals surface area contributed by atoms with E-state index in [0.717, 1.165) is 26.4 Å². The number of thiophene rings is 1. The zero-order valence-electron chi connectivity index (χ0n) is 14.6. The molecule has 136 valence electrons. The van der Waals surface area contributed by atoms with Crippen molar-refractivity contribution in [3.05, 3.63) is 75.2 Å². The van der Waals surface area contributed by atoms with Gasteiger partial charge in [-0.3, -0.25) is 14.7 Å². The summed E-state index contributed by atoms with van der Waals surface area (Å²) < 4.78 is 0.904. The van der Waals surface area contributed by atoms with Crippen LogP contribution in [-0.4, -0.2) is 15.9 Å². The van der Waals surface area contributed by atoms with Crippen molar-refractivity contribution in [1.82, 2.24) is 9.97 Å². The smallest absolute Gasteiger partial charge is 0.234 e. The molecule has 27 heavy (non-hydrogen) atoms. The van der Waals surface area contributed by atoms with Gasteiger partial charge in [-0.2, -0.15) is 0 Å². The van der Waals surface area contributed by atoms with Gasteiger partial charge in [-0.05, 0) is 42.1 Å². The standard InChI is InChI=1S/C20H16ClN3OS2/c1-13-7-8-16(21)19-18(13)23-20(27-19)24(12-14-5-2-3-9-22-14)17(25)11-15-6-4-10-26-15/h2-10H,11-12H2,1H3. The first kappa shape index (κ1) is 18.1. The number of amides is 1. The Morgan fingerprint density at radius 1 is 1.19 bits per heavy atom. The number of hydrogen-bond donors (Lipinski definition) is 0. The number of halogens is 1. The van der Waals surface area contributed by atoms with Crippen molar-refractivity contribution in [2.24, 2.45) is 0 Å². The number of aryl methyl sites for hydroxylation is 1. The van der Waals surface area contributed by atoms with Crippen LogP contribution in [0.3, 0.4) is 0 Å². The first-order chi connectivity index (χ1) is 13.1. The number of benzene rings is 1. The van der Waals surface area contributed by atoms with Crippen LogP contribution in [0.1, 0.15) is 16.1 Å². The third-order valence-corrected chi connectivity index (χ3v) is 6.58. The number of pyridine rings is 1. The van der Waals surface area contributed by atoms with E-state index >= 15 is 0 Å². The van der Waals surface area contributed by atoms with E-state index in [1.54, 1.807) is 22.4 Å².